The third-order valence-corrected chi connectivity index (χ3v) is 7.58. The molecule has 0 saturated carbocycles. The third kappa shape index (κ3) is 7.77. The van der Waals surface area contributed by atoms with Gasteiger partial charge in [-0.1, -0.05) is 35.5 Å². The lowest BCUT2D eigenvalue weighted by Crippen LogP contribution is -2.29. The molecule has 1 aromatic heterocycles. The van der Waals surface area contributed by atoms with Gasteiger partial charge in [-0.05, 0) is 80.4 Å². The fraction of sp³-hybridized carbons (Fsp3) is 0.455. The van der Waals surface area contributed by atoms with Crippen molar-refractivity contribution in [3.05, 3.63) is 55.4 Å². The van der Waals surface area contributed by atoms with Crippen molar-refractivity contribution in [2.45, 2.75) is 57.0 Å². The predicted octanol–water partition coefficient (Wildman–Crippen LogP) is 4.83. The number of benzene rings is 1. The summed E-state index contributed by atoms with van der Waals surface area (Å²) < 4.78 is 23.2. The lowest BCUT2D eigenvalue weighted by Gasteiger charge is -2.16. The monoisotopic (exact) mass is 575 g/mol. The number of carbonyl (C=O) groups excluding carboxylic acids is 1. The summed E-state index contributed by atoms with van der Waals surface area (Å²) >= 11 is 10.6. The molecule has 2 aromatic rings. The van der Waals surface area contributed by atoms with Crippen LogP contribution in [0.1, 0.15) is 45.4 Å². The molecule has 0 radical (unpaired) electrons. The molecule has 1 aromatic carbocycles. The number of thioether (sulfide) groups is 1. The van der Waals surface area contributed by atoms with Crippen molar-refractivity contribution < 1.29 is 13.7 Å². The quantitative estimate of drug-likeness (QED) is 0.184. The molecular formula is C22H27BrClN3O4S2. The van der Waals surface area contributed by atoms with Crippen molar-refractivity contribution in [1.82, 2.24) is 9.55 Å². The van der Waals surface area contributed by atoms with E-state index in [-0.39, 0.29) is 23.2 Å². The first-order valence-electron chi connectivity index (χ1n) is 10.2. The van der Waals surface area contributed by atoms with Gasteiger partial charge in [0, 0.05) is 5.02 Å². The maximum Gasteiger partial charge on any atom is 0.326 e. The Balaban J connectivity index is 2.40. The Bertz CT molecular complexity index is 1110. The number of carbonyl (C=O) groups is 1. The van der Waals surface area contributed by atoms with E-state index in [0.717, 1.165) is 5.56 Å². The first-order chi connectivity index (χ1) is 15.5. The van der Waals surface area contributed by atoms with Gasteiger partial charge in [-0.3, -0.25) is 14.2 Å². The van der Waals surface area contributed by atoms with Crippen LogP contribution in [0.4, 0.5) is 0 Å². The third-order valence-electron chi connectivity index (χ3n) is 4.42. The molecule has 11 heteroatoms. The zero-order chi connectivity index (χ0) is 24.8. The van der Waals surface area contributed by atoms with Gasteiger partial charge in [0.2, 0.25) is 0 Å². The number of esters is 1. The number of halogens is 2. The maximum absolute atomic E-state index is 12.9. The van der Waals surface area contributed by atoms with Gasteiger partial charge in [0.15, 0.2) is 5.16 Å². The summed E-state index contributed by atoms with van der Waals surface area (Å²) in [5.41, 5.74) is 1.61. The molecule has 0 bridgehead atoms. The fourth-order valence-electron chi connectivity index (χ4n) is 2.71. The molecule has 0 aliphatic rings. The van der Waals surface area contributed by atoms with Gasteiger partial charge < -0.3 is 4.74 Å². The highest BCUT2D eigenvalue weighted by atomic mass is 79.9. The minimum absolute atomic E-state index is 0.212. The van der Waals surface area contributed by atoms with Crippen LogP contribution < -0.4 is 5.56 Å². The lowest BCUT2D eigenvalue weighted by molar-refractivity contribution is -0.144. The summed E-state index contributed by atoms with van der Waals surface area (Å²) in [6, 6.07) is 7.16. The van der Waals surface area contributed by atoms with E-state index in [2.05, 4.69) is 25.3 Å². The van der Waals surface area contributed by atoms with Gasteiger partial charge in [0.1, 0.15) is 22.0 Å². The summed E-state index contributed by atoms with van der Waals surface area (Å²) in [6.07, 6.45) is 2.57. The molecule has 0 spiro atoms. The average molecular weight is 577 g/mol. The standard InChI is InChI=1S/C22H27BrClN3O4S2/c1-6-31-18(28)13-27-20(29)19(23)17(25-21(27)32-5)12-11-16(26-33(30)22(2,3)4)14-7-9-15(24)10-8-14/h7-10H,6,11-13H2,1-5H3/b26-16-/t33-/m1/s1. The Morgan fingerprint density at radius 3 is 2.48 bits per heavy atom. The van der Waals surface area contributed by atoms with E-state index < -0.39 is 21.7 Å². The van der Waals surface area contributed by atoms with Gasteiger partial charge in [0.05, 0.1) is 22.8 Å². The van der Waals surface area contributed by atoms with Crippen LogP contribution in [0.5, 0.6) is 0 Å². The maximum atomic E-state index is 12.9. The van der Waals surface area contributed by atoms with Crippen molar-refractivity contribution in [2.24, 2.45) is 4.40 Å². The van der Waals surface area contributed by atoms with Crippen molar-refractivity contribution in [2.75, 3.05) is 12.9 Å². The molecule has 1 atom stereocenters. The van der Waals surface area contributed by atoms with E-state index in [4.69, 9.17) is 16.3 Å². The molecular weight excluding hydrogens is 550 g/mol. The highest BCUT2D eigenvalue weighted by Crippen LogP contribution is 2.21. The van der Waals surface area contributed by atoms with E-state index in [9.17, 15) is 13.8 Å². The van der Waals surface area contributed by atoms with Crippen LogP contribution in [0.2, 0.25) is 5.02 Å². The Labute approximate surface area is 214 Å². The fourth-order valence-corrected chi connectivity index (χ4v) is 4.58. The summed E-state index contributed by atoms with van der Waals surface area (Å²) in [5, 5.41) is 1.00. The van der Waals surface area contributed by atoms with E-state index >= 15 is 0 Å². The lowest BCUT2D eigenvalue weighted by atomic mass is 10.0. The summed E-state index contributed by atoms with van der Waals surface area (Å²) in [5.74, 6) is -0.502. The molecule has 1 heterocycles. The van der Waals surface area contributed by atoms with Gasteiger partial charge in [-0.25, -0.2) is 9.19 Å². The molecule has 0 amide bonds. The minimum atomic E-state index is -1.46. The second-order valence-corrected chi connectivity index (χ2v) is 11.9. The van der Waals surface area contributed by atoms with E-state index in [1.807, 2.05) is 32.9 Å². The Morgan fingerprint density at radius 2 is 1.94 bits per heavy atom. The first kappa shape index (κ1) is 27.8. The van der Waals surface area contributed by atoms with Gasteiger partial charge >= 0.3 is 5.97 Å². The Kier molecular flexibility index (Phi) is 10.3. The number of hydrogen-bond acceptors (Lipinski definition) is 6. The topological polar surface area (TPSA) is 90.6 Å². The Hall–Kier alpha value is -1.49. The molecule has 0 saturated heterocycles. The average Bonchev–Trinajstić information content (AvgIpc) is 2.75. The smallest absolute Gasteiger partial charge is 0.326 e. The van der Waals surface area contributed by atoms with Crippen molar-refractivity contribution >= 4 is 62.0 Å². The van der Waals surface area contributed by atoms with E-state index in [1.54, 1.807) is 25.3 Å². The molecule has 7 nitrogen and oxygen atoms in total. The van der Waals surface area contributed by atoms with Crippen molar-refractivity contribution in [3.63, 3.8) is 0 Å². The van der Waals surface area contributed by atoms with Crippen LogP contribution in [-0.2, 0) is 33.5 Å². The highest BCUT2D eigenvalue weighted by Gasteiger charge is 2.21. The zero-order valence-corrected chi connectivity index (χ0v) is 23.2. The molecule has 0 aliphatic carbocycles. The Morgan fingerprint density at radius 1 is 1.30 bits per heavy atom. The second kappa shape index (κ2) is 12.3. The molecule has 0 N–H and O–H groups in total. The largest absolute Gasteiger partial charge is 0.465 e. The number of hydrogen-bond donors (Lipinski definition) is 0. The number of rotatable bonds is 9. The van der Waals surface area contributed by atoms with Crippen LogP contribution in [0, 0.1) is 0 Å². The molecule has 180 valence electrons. The van der Waals surface area contributed by atoms with Crippen LogP contribution in [0.15, 0.2) is 43.1 Å². The van der Waals surface area contributed by atoms with Gasteiger partial charge in [-0.2, -0.15) is 4.40 Å². The first-order valence-corrected chi connectivity index (χ1v) is 13.7. The van der Waals surface area contributed by atoms with Crippen LogP contribution in [0.3, 0.4) is 0 Å². The number of ether oxygens (including phenoxy) is 1. The number of nitrogens with zero attached hydrogens (tertiary/aromatic N) is 3. The van der Waals surface area contributed by atoms with Crippen molar-refractivity contribution in [3.8, 4) is 0 Å². The molecule has 2 rings (SSSR count). The highest BCUT2D eigenvalue weighted by molar-refractivity contribution is 9.10. The van der Waals surface area contributed by atoms with Crippen LogP contribution >= 0.6 is 39.3 Å². The molecule has 0 fully saturated rings. The molecule has 0 unspecified atom stereocenters. The second-order valence-electron chi connectivity index (χ2n) is 7.96. The predicted molar refractivity (Wildman–Crippen MR) is 139 cm³/mol. The van der Waals surface area contributed by atoms with E-state index in [1.165, 1.54) is 16.3 Å². The summed E-state index contributed by atoms with van der Waals surface area (Å²) in [6.45, 7) is 7.31. The summed E-state index contributed by atoms with van der Waals surface area (Å²) in [4.78, 5) is 29.4. The number of aromatic nitrogens is 2. The molecule has 0 aliphatic heterocycles. The minimum Gasteiger partial charge on any atom is -0.465 e. The van der Waals surface area contributed by atoms with Crippen LogP contribution in [-0.4, -0.2) is 43.1 Å². The summed E-state index contributed by atoms with van der Waals surface area (Å²) in [7, 11) is -1.46. The zero-order valence-electron chi connectivity index (χ0n) is 19.2. The van der Waals surface area contributed by atoms with Crippen molar-refractivity contribution in [1.29, 1.82) is 0 Å². The SMILES string of the molecule is CCOC(=O)Cn1c(SC)nc(CC/C(=N/[S@](=O)C(C)(C)C)c2ccc(Cl)cc2)c(Br)c1=O. The van der Waals surface area contributed by atoms with Gasteiger partial charge in [0.25, 0.3) is 5.56 Å². The normalized spacial score (nSPS) is 13.1. The van der Waals surface area contributed by atoms with Crippen LogP contribution in [0.25, 0.3) is 0 Å². The number of aryl methyl sites for hydroxylation is 1. The van der Waals surface area contributed by atoms with Gasteiger partial charge in [-0.15, -0.1) is 0 Å². The van der Waals surface area contributed by atoms with E-state index in [0.29, 0.717) is 34.4 Å². The molecule has 33 heavy (non-hydrogen) atoms.